The highest BCUT2D eigenvalue weighted by atomic mass is 16.5. The number of carboxylic acids is 4. The van der Waals surface area contributed by atoms with Crippen molar-refractivity contribution in [3.8, 4) is 17.2 Å². The summed E-state index contributed by atoms with van der Waals surface area (Å²) in [6.45, 7) is 51.6. The number of carboxylic acid groups (broad SMARTS) is 4. The van der Waals surface area contributed by atoms with E-state index in [0.29, 0.717) is 37.3 Å². The Labute approximate surface area is 750 Å². The molecule has 2 aromatic heterocycles. The van der Waals surface area contributed by atoms with Gasteiger partial charge in [-0.1, -0.05) is 200 Å². The highest BCUT2D eigenvalue weighted by Crippen LogP contribution is 2.55. The lowest BCUT2D eigenvalue weighted by atomic mass is 9.62. The van der Waals surface area contributed by atoms with E-state index in [0.717, 1.165) is 156 Å². The second-order valence-electron chi connectivity index (χ2n) is 40.5. The molecule has 1 aliphatic heterocycles. The van der Waals surface area contributed by atoms with Crippen LogP contribution in [0.5, 0.6) is 17.2 Å². The first-order chi connectivity index (χ1) is 59.1. The largest absolute Gasteiger partial charge is 0.493 e. The van der Waals surface area contributed by atoms with Gasteiger partial charge in [0.25, 0.3) is 0 Å². The van der Waals surface area contributed by atoms with Crippen LogP contribution in [0.1, 0.15) is 346 Å². The van der Waals surface area contributed by atoms with Crippen molar-refractivity contribution in [2.75, 3.05) is 55.7 Å². The van der Waals surface area contributed by atoms with Gasteiger partial charge in [-0.3, -0.25) is 0 Å². The van der Waals surface area contributed by atoms with E-state index in [4.69, 9.17) is 34.5 Å². The monoisotopic (exact) mass is 1710 g/mol. The number of fused-ring (bicyclic) bond motifs is 6. The summed E-state index contributed by atoms with van der Waals surface area (Å²) >= 11 is 0. The zero-order valence-electron chi connectivity index (χ0n) is 79.9. The number of hydrogen-bond acceptors (Lipinski definition) is 15. The predicted molar refractivity (Wildman–Crippen MR) is 514 cm³/mol. The van der Waals surface area contributed by atoms with Crippen molar-refractivity contribution in [1.29, 1.82) is 0 Å². The molecule has 0 fully saturated rings. The van der Waals surface area contributed by atoms with Crippen molar-refractivity contribution >= 4 is 75.5 Å². The number of benzene rings is 6. The maximum atomic E-state index is 11.4. The maximum Gasteiger partial charge on any atom is 0.338 e. The summed E-state index contributed by atoms with van der Waals surface area (Å²) < 4.78 is 18.8. The van der Waals surface area contributed by atoms with Gasteiger partial charge in [-0.15, -0.1) is 0 Å². The van der Waals surface area contributed by atoms with E-state index in [1.54, 1.807) is 19.1 Å². The van der Waals surface area contributed by atoms with E-state index < -0.39 is 23.9 Å². The van der Waals surface area contributed by atoms with Gasteiger partial charge in [0.05, 0.1) is 70.7 Å². The molecule has 0 unspecified atom stereocenters. The molecule has 19 heteroatoms. The Morgan fingerprint density at radius 1 is 0.437 bits per heavy atom. The molecule has 8 aromatic rings. The molecule has 0 saturated carbocycles. The fourth-order valence-electron chi connectivity index (χ4n) is 17.9. The minimum Gasteiger partial charge on any atom is -0.493 e. The van der Waals surface area contributed by atoms with Gasteiger partial charge in [-0.25, -0.2) is 44.1 Å². The van der Waals surface area contributed by atoms with Crippen LogP contribution >= 0.6 is 0 Å². The molecule has 0 atom stereocenters. The standard InChI is InChI=1S/C30H32N2O2.C26H37N3O3.C26H36O3.C25H35N3O3/c1-18-7-12-25-24(15-18)31-27(19-8-10-20(11-9-19)28(33)34)21-16-22-23(17-26(21)32(25)6)30(4,5)14-13-29(22,2)3;1-7-8-9-10-13-32-22-15-20-19(25(2,3)11-12-26(20,4)5)14-21(22)29(6)24-27-16-18(17-28-24)23(30)31;1-8-14-29-23-17-22-21(25(4,5)12-13-26(22,6)7)16-20(23)19(3)11-9-10-18(2)15-24(27)28;1-7-8-9-12-31-21-14-19-18(24(2,3)10-11-25(19,4)5)13-20(21)28(6)23-26-15-17(16-27-23)22(29)30/h7-12,15-17H,13-14H2,1-6H3,(H,33,34);14-17H,7-13H2,1-6H3,(H,30,31);9-11,15-17H,8,12-14H2,1-7H3,(H,27,28);13-16H,7-12H2,1-6H3,(H,29,30)/b;;10-9+,18-15+,19-11-;. The maximum absolute atomic E-state index is 11.4. The number of allylic oxidation sites excluding steroid dienone is 5. The fourth-order valence-corrected chi connectivity index (χ4v) is 17.9. The predicted octanol–water partition coefficient (Wildman–Crippen LogP) is 26.2. The van der Waals surface area contributed by atoms with Crippen LogP contribution in [0, 0.1) is 6.92 Å². The van der Waals surface area contributed by atoms with E-state index in [2.05, 4.69) is 244 Å². The highest BCUT2D eigenvalue weighted by Gasteiger charge is 2.44. The van der Waals surface area contributed by atoms with Gasteiger partial charge in [0.15, 0.2) is 0 Å². The molecule has 5 aliphatic rings. The lowest BCUT2D eigenvalue weighted by molar-refractivity contribution is -0.131. The summed E-state index contributed by atoms with van der Waals surface area (Å²) in [6, 6.07) is 31.7. The van der Waals surface area contributed by atoms with Crippen molar-refractivity contribution in [2.45, 2.75) is 298 Å². The van der Waals surface area contributed by atoms with Gasteiger partial charge < -0.3 is 49.3 Å². The van der Waals surface area contributed by atoms with Crippen LogP contribution in [0.15, 0.2) is 151 Å². The van der Waals surface area contributed by atoms with E-state index >= 15 is 0 Å². The first kappa shape index (κ1) is 97.2. The second-order valence-corrected chi connectivity index (χ2v) is 40.5. The van der Waals surface area contributed by atoms with Gasteiger partial charge in [0.1, 0.15) is 17.2 Å². The van der Waals surface area contributed by atoms with Crippen LogP contribution in [0.4, 0.5) is 40.3 Å². The van der Waals surface area contributed by atoms with Gasteiger partial charge in [0.2, 0.25) is 11.9 Å². The van der Waals surface area contributed by atoms with Gasteiger partial charge in [-0.05, 0) is 269 Å². The van der Waals surface area contributed by atoms with Crippen LogP contribution < -0.4 is 28.9 Å². The molecule has 0 spiro atoms. The van der Waals surface area contributed by atoms with E-state index in [9.17, 15) is 24.3 Å². The Morgan fingerprint density at radius 2 is 0.817 bits per heavy atom. The number of aliphatic imine (C=N–C) groups is 1. The average Bonchev–Trinajstić information content (AvgIpc) is 1.45. The van der Waals surface area contributed by atoms with Crippen LogP contribution in [-0.2, 0) is 48.1 Å². The quantitative estimate of drug-likeness (QED) is 0.0223. The average molecular weight is 1710 g/mol. The number of aryl methyl sites for hydroxylation is 1. The lowest BCUT2D eigenvalue weighted by Crippen LogP contribution is -2.34. The number of aromatic carboxylic acids is 3. The van der Waals surface area contributed by atoms with Crippen molar-refractivity contribution in [3.05, 3.63) is 229 Å². The summed E-state index contributed by atoms with van der Waals surface area (Å²) in [5.41, 5.74) is 24.0. The van der Waals surface area contributed by atoms with Crippen molar-refractivity contribution in [1.82, 2.24) is 19.9 Å². The smallest absolute Gasteiger partial charge is 0.338 e. The fraction of sp³-hybridized carbons (Fsp3) is 0.486. The van der Waals surface area contributed by atoms with Crippen molar-refractivity contribution in [2.24, 2.45) is 4.99 Å². The Balaban J connectivity index is 0.000000176. The number of unbranched alkanes of at least 4 members (excludes halogenated alkanes) is 5. The number of nitrogens with zero attached hydrogens (tertiary/aromatic N) is 8. The topological polar surface area (TPSA) is 251 Å². The van der Waals surface area contributed by atoms with Gasteiger partial charge in [-0.2, -0.15) is 0 Å². The zero-order chi connectivity index (χ0) is 92.6. The number of ether oxygens (including phenoxy) is 3. The number of anilines is 6. The molecule has 126 heavy (non-hydrogen) atoms. The third-order valence-corrected chi connectivity index (χ3v) is 26.8. The van der Waals surface area contributed by atoms with Crippen LogP contribution in [0.3, 0.4) is 0 Å². The molecule has 19 nitrogen and oxygen atoms in total. The number of rotatable bonds is 26. The molecule has 4 aliphatic carbocycles. The van der Waals surface area contributed by atoms with Gasteiger partial charge in [0, 0.05) is 68.7 Å². The number of aliphatic carboxylic acids is 1. The first-order valence-corrected chi connectivity index (χ1v) is 45.4. The third-order valence-electron chi connectivity index (χ3n) is 26.8. The molecule has 0 saturated heterocycles. The summed E-state index contributed by atoms with van der Waals surface area (Å²) in [5, 5.41) is 36.5. The Morgan fingerprint density at radius 3 is 1.23 bits per heavy atom. The lowest BCUT2D eigenvalue weighted by Gasteiger charge is -2.43. The van der Waals surface area contributed by atoms with Crippen LogP contribution in [0.2, 0.25) is 0 Å². The molecule has 0 radical (unpaired) electrons. The summed E-state index contributed by atoms with van der Waals surface area (Å²) in [4.78, 5) is 72.9. The van der Waals surface area contributed by atoms with Gasteiger partial charge >= 0.3 is 23.9 Å². The number of aromatic nitrogens is 4. The number of hydrogen-bond donors (Lipinski definition) is 4. The normalized spacial score (nSPS) is 17.2. The minimum atomic E-state index is -1.04. The van der Waals surface area contributed by atoms with E-state index in [1.807, 2.05) is 54.3 Å². The molecule has 6 aromatic carbocycles. The molecule has 3 heterocycles. The van der Waals surface area contributed by atoms with Crippen molar-refractivity contribution < 1.29 is 53.8 Å². The van der Waals surface area contributed by atoms with E-state index in [-0.39, 0.29) is 60.0 Å². The van der Waals surface area contributed by atoms with Crippen LogP contribution in [0.25, 0.3) is 5.57 Å². The zero-order valence-corrected chi connectivity index (χ0v) is 79.9. The highest BCUT2D eigenvalue weighted by molar-refractivity contribution is 6.19. The first-order valence-electron chi connectivity index (χ1n) is 45.4. The molecule has 0 bridgehead atoms. The van der Waals surface area contributed by atoms with Crippen molar-refractivity contribution in [3.63, 3.8) is 0 Å². The SMILES string of the molecule is CCCCCCOc1cc2c(cc1N(C)c1ncc(C(=O)O)cn1)C(C)(C)CCC2(C)C.CCCCCOc1cc2c(cc1N(C)c1ncc(C(=O)O)cn1)C(C)(C)CCC2(C)C.CCCOc1cc2c(cc1\C(C)=C/C=C/C(C)=C/C(=O)O)C(C)(C)CCC2(C)C.Cc1ccc2c(c1)N=C(c1ccc(C(=O)O)cc1)c1cc3c(cc1N2C)C(C)(C)CCC3(C)C. The molecule has 13 rings (SSSR count). The molecule has 0 amide bonds. The number of carbonyl (C=O) groups is 4. The Hall–Kier alpha value is -11.0. The molecular weight excluding hydrogens is 1570 g/mol. The Kier molecular flexibility index (Phi) is 30.5. The molecular formula is C107H140N8O11. The summed E-state index contributed by atoms with van der Waals surface area (Å²) in [6.07, 6.45) is 30.3. The van der Waals surface area contributed by atoms with E-state index in [1.165, 1.54) is 101 Å². The Bertz CT molecular complexity index is 5410. The summed E-state index contributed by atoms with van der Waals surface area (Å²) in [7, 11) is 5.92. The third kappa shape index (κ3) is 22.5. The molecule has 4 N–H and O–H groups in total. The minimum absolute atomic E-state index is 0.0636. The summed E-state index contributed by atoms with van der Waals surface area (Å²) in [5.74, 6) is -0.434. The van der Waals surface area contributed by atoms with Crippen LogP contribution in [-0.4, -0.2) is 111 Å². The molecule has 674 valence electrons. The second kappa shape index (κ2) is 39.5.